The maximum Gasteiger partial charge on any atom is 0.265 e. The first kappa shape index (κ1) is 23.4. The van der Waals surface area contributed by atoms with Gasteiger partial charge in [-0.2, -0.15) is 0 Å². The van der Waals surface area contributed by atoms with Gasteiger partial charge in [-0.3, -0.25) is 9.10 Å². The summed E-state index contributed by atoms with van der Waals surface area (Å²) in [6.07, 6.45) is 1.52. The van der Waals surface area contributed by atoms with Crippen LogP contribution in [-0.4, -0.2) is 28.0 Å². The molecule has 0 atom stereocenters. The maximum atomic E-state index is 13.9. The minimum absolute atomic E-state index is 0.171. The molecule has 0 unspecified atom stereocenters. The molecule has 170 valence electrons. The lowest BCUT2D eigenvalue weighted by atomic mass is 10.0. The van der Waals surface area contributed by atoms with E-state index in [0.717, 1.165) is 15.4 Å². The Labute approximate surface area is 189 Å². The molecule has 1 aromatic heterocycles. The van der Waals surface area contributed by atoms with E-state index in [4.69, 9.17) is 9.15 Å². The molecular weight excluding hydrogens is 428 g/mol. The Kier molecular flexibility index (Phi) is 6.93. The van der Waals surface area contributed by atoms with E-state index in [-0.39, 0.29) is 18.0 Å². The predicted octanol–water partition coefficient (Wildman–Crippen LogP) is 4.03. The van der Waals surface area contributed by atoms with Gasteiger partial charge < -0.3 is 14.5 Å². The van der Waals surface area contributed by atoms with E-state index in [1.54, 1.807) is 50.2 Å². The highest BCUT2D eigenvalue weighted by Crippen LogP contribution is 2.32. The second kappa shape index (κ2) is 9.48. The molecular formula is C24H28N2O5S. The highest BCUT2D eigenvalue weighted by atomic mass is 32.2. The minimum atomic E-state index is -4.04. The number of hydrogen-bond donors (Lipinski definition) is 1. The molecule has 1 heterocycles. The molecule has 0 spiro atoms. The molecule has 0 saturated carbocycles. The molecule has 0 fully saturated rings. The number of methoxy groups -OCH3 is 1. The van der Waals surface area contributed by atoms with E-state index in [1.807, 2.05) is 19.9 Å². The van der Waals surface area contributed by atoms with Gasteiger partial charge in [-0.05, 0) is 86.3 Å². The first-order valence-electron chi connectivity index (χ1n) is 10.2. The van der Waals surface area contributed by atoms with Crippen LogP contribution >= 0.6 is 0 Å². The Morgan fingerprint density at radius 2 is 1.66 bits per heavy atom. The molecule has 0 aliphatic heterocycles. The SMILES string of the molecule is COc1ccc(N(CC(=O)NCc2ccco2)S(=O)(=O)c2c(C)c(C)cc(C)c2C)cc1. The van der Waals surface area contributed by atoms with Gasteiger partial charge in [-0.25, -0.2) is 8.42 Å². The zero-order chi connectivity index (χ0) is 23.5. The minimum Gasteiger partial charge on any atom is -0.497 e. The molecule has 0 bridgehead atoms. The van der Waals surface area contributed by atoms with Gasteiger partial charge in [0.25, 0.3) is 10.0 Å². The number of aryl methyl sites for hydroxylation is 2. The van der Waals surface area contributed by atoms with Gasteiger partial charge in [0.1, 0.15) is 18.1 Å². The number of nitrogens with zero attached hydrogens (tertiary/aromatic N) is 1. The number of carbonyl (C=O) groups is 1. The largest absolute Gasteiger partial charge is 0.497 e. The number of benzene rings is 2. The molecule has 0 radical (unpaired) electrons. The number of furan rings is 1. The average molecular weight is 457 g/mol. The first-order valence-corrected chi connectivity index (χ1v) is 11.6. The van der Waals surface area contributed by atoms with Crippen LogP contribution in [0.4, 0.5) is 5.69 Å². The molecule has 7 nitrogen and oxygen atoms in total. The van der Waals surface area contributed by atoms with E-state index in [9.17, 15) is 13.2 Å². The summed E-state index contributed by atoms with van der Waals surface area (Å²) >= 11 is 0. The van der Waals surface area contributed by atoms with E-state index in [1.165, 1.54) is 13.4 Å². The molecule has 8 heteroatoms. The summed E-state index contributed by atoms with van der Waals surface area (Å²) in [5, 5.41) is 2.72. The van der Waals surface area contributed by atoms with Crippen molar-refractivity contribution in [3.05, 3.63) is 76.7 Å². The number of anilines is 1. The Hall–Kier alpha value is -3.26. The van der Waals surface area contributed by atoms with Crippen LogP contribution in [0, 0.1) is 27.7 Å². The highest BCUT2D eigenvalue weighted by molar-refractivity contribution is 7.93. The van der Waals surface area contributed by atoms with Gasteiger partial charge in [0.05, 0.1) is 30.5 Å². The van der Waals surface area contributed by atoms with Crippen LogP contribution in [0.15, 0.2) is 58.0 Å². The third kappa shape index (κ3) is 4.80. The summed E-state index contributed by atoms with van der Waals surface area (Å²) in [5.74, 6) is 0.728. The Bertz CT molecular complexity index is 1170. The van der Waals surface area contributed by atoms with Gasteiger partial charge >= 0.3 is 0 Å². The van der Waals surface area contributed by atoms with Gasteiger partial charge in [0.15, 0.2) is 0 Å². The average Bonchev–Trinajstić information content (AvgIpc) is 3.28. The molecule has 0 aliphatic rings. The summed E-state index contributed by atoms with van der Waals surface area (Å²) in [6, 6.07) is 12.0. The van der Waals surface area contributed by atoms with Crippen LogP contribution < -0.4 is 14.4 Å². The van der Waals surface area contributed by atoms with E-state index in [2.05, 4.69) is 5.32 Å². The van der Waals surface area contributed by atoms with Gasteiger partial charge in [0.2, 0.25) is 5.91 Å². The maximum absolute atomic E-state index is 13.9. The van der Waals surface area contributed by atoms with Crippen LogP contribution in [0.25, 0.3) is 0 Å². The number of nitrogens with one attached hydrogen (secondary N) is 1. The van der Waals surface area contributed by atoms with Crippen LogP contribution in [0.5, 0.6) is 5.75 Å². The lowest BCUT2D eigenvalue weighted by Gasteiger charge is -2.27. The Balaban J connectivity index is 2.02. The van der Waals surface area contributed by atoms with Crippen molar-refractivity contribution in [2.24, 2.45) is 0 Å². The van der Waals surface area contributed by atoms with Crippen molar-refractivity contribution < 1.29 is 22.4 Å². The fraction of sp³-hybridized carbons (Fsp3) is 0.292. The van der Waals surface area contributed by atoms with Crippen molar-refractivity contribution >= 4 is 21.6 Å². The molecule has 3 aromatic rings. The third-order valence-corrected chi connectivity index (χ3v) is 7.58. The Morgan fingerprint density at radius 3 is 2.19 bits per heavy atom. The lowest BCUT2D eigenvalue weighted by Crippen LogP contribution is -2.41. The third-order valence-electron chi connectivity index (χ3n) is 5.53. The number of amides is 1. The fourth-order valence-corrected chi connectivity index (χ4v) is 5.53. The molecule has 32 heavy (non-hydrogen) atoms. The number of sulfonamides is 1. The molecule has 0 saturated heterocycles. The number of ether oxygens (including phenoxy) is 1. The molecule has 1 amide bonds. The van der Waals surface area contributed by atoms with Crippen LogP contribution in [0.1, 0.15) is 28.0 Å². The van der Waals surface area contributed by atoms with Crippen molar-refractivity contribution in [3.63, 3.8) is 0 Å². The van der Waals surface area contributed by atoms with E-state index < -0.39 is 15.9 Å². The molecule has 3 rings (SSSR count). The fourth-order valence-electron chi connectivity index (χ4n) is 3.53. The van der Waals surface area contributed by atoms with Gasteiger partial charge in [0, 0.05) is 0 Å². The predicted molar refractivity (Wildman–Crippen MR) is 123 cm³/mol. The normalized spacial score (nSPS) is 11.3. The summed E-state index contributed by atoms with van der Waals surface area (Å²) in [6.45, 7) is 7.14. The van der Waals surface area contributed by atoms with Crippen LogP contribution in [-0.2, 0) is 21.4 Å². The number of rotatable bonds is 8. The van der Waals surface area contributed by atoms with Crippen molar-refractivity contribution in [1.29, 1.82) is 0 Å². The second-order valence-electron chi connectivity index (χ2n) is 7.66. The van der Waals surface area contributed by atoms with Gasteiger partial charge in [-0.1, -0.05) is 6.07 Å². The van der Waals surface area contributed by atoms with Crippen molar-refractivity contribution in [2.45, 2.75) is 39.1 Å². The monoisotopic (exact) mass is 456 g/mol. The van der Waals surface area contributed by atoms with E-state index >= 15 is 0 Å². The zero-order valence-electron chi connectivity index (χ0n) is 18.9. The molecule has 2 aromatic carbocycles. The second-order valence-corrected chi connectivity index (χ2v) is 9.45. The standard InChI is InChI=1S/C24H28N2O5S/c1-16-13-17(2)19(4)24(18(16)3)32(28,29)26(20-8-10-21(30-5)11-9-20)15-23(27)25-14-22-7-6-12-31-22/h6-13H,14-15H2,1-5H3,(H,25,27). The summed E-state index contributed by atoms with van der Waals surface area (Å²) in [7, 11) is -2.50. The van der Waals surface area contributed by atoms with Crippen molar-refractivity contribution in [3.8, 4) is 5.75 Å². The topological polar surface area (TPSA) is 88.8 Å². The van der Waals surface area contributed by atoms with Gasteiger partial charge in [-0.15, -0.1) is 0 Å². The first-order chi connectivity index (χ1) is 15.1. The summed E-state index contributed by atoms with van der Waals surface area (Å²) in [4.78, 5) is 13.0. The smallest absolute Gasteiger partial charge is 0.265 e. The van der Waals surface area contributed by atoms with Crippen molar-refractivity contribution in [2.75, 3.05) is 18.0 Å². The van der Waals surface area contributed by atoms with Crippen LogP contribution in [0.2, 0.25) is 0 Å². The quantitative estimate of drug-likeness (QED) is 0.553. The van der Waals surface area contributed by atoms with E-state index in [0.29, 0.717) is 28.3 Å². The van der Waals surface area contributed by atoms with Crippen molar-refractivity contribution in [1.82, 2.24) is 5.32 Å². The summed E-state index contributed by atoms with van der Waals surface area (Å²) < 4.78 is 39.4. The number of hydrogen-bond acceptors (Lipinski definition) is 5. The summed E-state index contributed by atoms with van der Waals surface area (Å²) in [5.41, 5.74) is 3.47. The van der Waals surface area contributed by atoms with Crippen LogP contribution in [0.3, 0.4) is 0 Å². The lowest BCUT2D eigenvalue weighted by molar-refractivity contribution is -0.119. The molecule has 1 N–H and O–H groups in total. The molecule has 0 aliphatic carbocycles. The zero-order valence-corrected chi connectivity index (χ0v) is 19.7. The number of carbonyl (C=O) groups excluding carboxylic acids is 1. The highest BCUT2D eigenvalue weighted by Gasteiger charge is 2.31. The Morgan fingerprint density at radius 1 is 1.03 bits per heavy atom.